The standard InChI is InChI=1S/C8H17N2.2C8H11.Ce/c1-4-7-10(6-3)8-9-5-2;2*1-7(2)8-5-3-4-6-8;/h4-7H2,1-3H3;2*3-7H,1-2H3;. The molecule has 0 aliphatic heterocycles. The molecule has 0 atom stereocenters. The number of amidine groups is 1. The molecule has 0 aromatic heterocycles. The van der Waals surface area contributed by atoms with Crippen molar-refractivity contribution in [1.29, 1.82) is 0 Å². The number of allylic oxidation sites excluding steroid dienone is 8. The minimum absolute atomic E-state index is 0.198. The second kappa shape index (κ2) is 10.0. The van der Waals surface area contributed by atoms with Crippen molar-refractivity contribution in [3.05, 3.63) is 48.6 Å². The van der Waals surface area contributed by atoms with Gasteiger partial charge in [0, 0.05) is 0 Å². The molecule has 0 N–H and O–H groups in total. The number of nitrogens with zero attached hydrogens (tertiary/aromatic N) is 2. The van der Waals surface area contributed by atoms with Gasteiger partial charge in [-0.25, -0.2) is 0 Å². The van der Waals surface area contributed by atoms with Crippen molar-refractivity contribution >= 4 is 1.35 Å². The van der Waals surface area contributed by atoms with Gasteiger partial charge in [0.1, 0.15) is 0 Å². The van der Waals surface area contributed by atoms with Gasteiger partial charge in [-0.2, -0.15) is 0 Å². The van der Waals surface area contributed by atoms with Crippen molar-refractivity contribution < 1.29 is 35.5 Å². The molecule has 0 unspecified atom stereocenters. The fourth-order valence-corrected chi connectivity index (χ4v) is 19.1. The summed E-state index contributed by atoms with van der Waals surface area (Å²) in [6.07, 6.45) is 20.5. The number of rotatable bonds is 9. The van der Waals surface area contributed by atoms with Crippen LogP contribution in [0.25, 0.3) is 0 Å². The van der Waals surface area contributed by atoms with E-state index in [4.69, 9.17) is 4.99 Å². The Morgan fingerprint density at radius 1 is 0.852 bits per heavy atom. The average molecular weight is 496 g/mol. The normalized spacial score (nSPS) is 19.7. The topological polar surface area (TPSA) is 15.6 Å². The zero-order chi connectivity index (χ0) is 20.1. The SMILES string of the molecule is CCCN(CC)[C](=NCC)[Ce]([C]1(C(C)C)C=CC=C1)[C]1(C(C)C)C=CC=C1. The van der Waals surface area contributed by atoms with Gasteiger partial charge in [-0.05, 0) is 0 Å². The van der Waals surface area contributed by atoms with Gasteiger partial charge in [0.05, 0.1) is 0 Å². The molecule has 0 saturated carbocycles. The van der Waals surface area contributed by atoms with Crippen LogP contribution in [0.5, 0.6) is 0 Å². The molecule has 2 aliphatic rings. The maximum atomic E-state index is 5.26. The molecule has 0 aromatic carbocycles. The van der Waals surface area contributed by atoms with E-state index in [9.17, 15) is 0 Å². The third-order valence-electron chi connectivity index (χ3n) is 6.19. The van der Waals surface area contributed by atoms with Crippen LogP contribution in [0.4, 0.5) is 0 Å². The Labute approximate surface area is 182 Å². The van der Waals surface area contributed by atoms with Crippen molar-refractivity contribution in [3.63, 3.8) is 0 Å². The van der Waals surface area contributed by atoms with Gasteiger partial charge in [-0.15, -0.1) is 0 Å². The van der Waals surface area contributed by atoms with E-state index < -0.39 is 35.5 Å². The zero-order valence-electron chi connectivity index (χ0n) is 18.5. The first-order valence-corrected chi connectivity index (χ1v) is 15.5. The molecule has 0 radical (unpaired) electrons. The van der Waals surface area contributed by atoms with Crippen LogP contribution in [0.1, 0.15) is 54.9 Å². The summed E-state index contributed by atoms with van der Waals surface area (Å²) in [4.78, 5) is 7.88. The summed E-state index contributed by atoms with van der Waals surface area (Å²) in [5.74, 6) is 1.19. The van der Waals surface area contributed by atoms with Gasteiger partial charge in [-0.1, -0.05) is 0 Å². The van der Waals surface area contributed by atoms with E-state index in [0.717, 1.165) is 19.6 Å². The molecule has 0 fully saturated rings. The van der Waals surface area contributed by atoms with Crippen LogP contribution in [0.2, 0.25) is 1.87 Å². The van der Waals surface area contributed by atoms with Crippen LogP contribution in [0, 0.1) is 47.3 Å². The summed E-state index contributed by atoms with van der Waals surface area (Å²) in [5, 5.41) is 0. The van der Waals surface area contributed by atoms with Gasteiger partial charge >= 0.3 is 184 Å². The molecule has 0 amide bonds. The third-order valence-corrected chi connectivity index (χ3v) is 20.2. The molecule has 27 heavy (non-hydrogen) atoms. The van der Waals surface area contributed by atoms with Crippen LogP contribution >= 0.6 is 0 Å². The summed E-state index contributed by atoms with van der Waals surface area (Å²) in [7, 11) is 0. The van der Waals surface area contributed by atoms with E-state index >= 15 is 0 Å². The summed E-state index contributed by atoms with van der Waals surface area (Å²) < 4.78 is 1.90. The van der Waals surface area contributed by atoms with Gasteiger partial charge in [0.25, 0.3) is 0 Å². The number of aliphatic imine (C=N–C) groups is 1. The fourth-order valence-electron chi connectivity index (χ4n) is 4.58. The van der Waals surface area contributed by atoms with Crippen LogP contribution < -0.4 is 0 Å². The van der Waals surface area contributed by atoms with E-state index in [1.807, 2.05) is 0 Å². The quantitative estimate of drug-likeness (QED) is 0.260. The first kappa shape index (κ1) is 23.1. The molecule has 0 aromatic rings. The van der Waals surface area contributed by atoms with Crippen LogP contribution in [-0.4, -0.2) is 25.9 Å². The summed E-state index contributed by atoms with van der Waals surface area (Å²) in [5.41, 5.74) is 0. The maximum absolute atomic E-state index is 5.26. The Morgan fingerprint density at radius 2 is 1.30 bits per heavy atom. The van der Waals surface area contributed by atoms with E-state index in [2.05, 4.69) is 102 Å². The molecule has 0 bridgehead atoms. The van der Waals surface area contributed by atoms with E-state index in [1.54, 1.807) is 0 Å². The Balaban J connectivity index is 2.74. The van der Waals surface area contributed by atoms with Crippen molar-refractivity contribution in [2.24, 2.45) is 16.8 Å². The Kier molecular flexibility index (Phi) is 8.57. The van der Waals surface area contributed by atoms with E-state index in [-0.39, 0.29) is 1.87 Å². The van der Waals surface area contributed by atoms with E-state index in [1.165, 1.54) is 7.77 Å². The molecule has 0 spiro atoms. The van der Waals surface area contributed by atoms with Crippen LogP contribution in [0.15, 0.2) is 53.6 Å². The summed E-state index contributed by atoms with van der Waals surface area (Å²) >= 11 is -2.67. The van der Waals surface area contributed by atoms with Crippen molar-refractivity contribution in [3.8, 4) is 0 Å². The molecular weight excluding hydrogens is 456 g/mol. The second-order valence-electron chi connectivity index (χ2n) is 8.36. The van der Waals surface area contributed by atoms with E-state index in [0.29, 0.717) is 11.8 Å². The molecule has 0 heterocycles. The van der Waals surface area contributed by atoms with Gasteiger partial charge < -0.3 is 0 Å². The second-order valence-corrected chi connectivity index (χ2v) is 17.6. The van der Waals surface area contributed by atoms with Gasteiger partial charge in [0.2, 0.25) is 0 Å². The Morgan fingerprint density at radius 3 is 1.59 bits per heavy atom. The summed E-state index contributed by atoms with van der Waals surface area (Å²) in [6, 6.07) is 0. The molecule has 2 aliphatic carbocycles. The predicted octanol–water partition coefficient (Wildman–Crippen LogP) is 6.60. The predicted molar refractivity (Wildman–Crippen MR) is 117 cm³/mol. The van der Waals surface area contributed by atoms with Gasteiger partial charge in [0.15, 0.2) is 0 Å². The monoisotopic (exact) mass is 495 g/mol. The zero-order valence-corrected chi connectivity index (χ0v) is 21.6. The minimum atomic E-state index is -2.67. The van der Waals surface area contributed by atoms with Crippen molar-refractivity contribution in [1.82, 2.24) is 4.90 Å². The molecule has 0 saturated heterocycles. The van der Waals surface area contributed by atoms with Crippen LogP contribution in [0.3, 0.4) is 0 Å². The molecule has 3 heteroatoms. The molecule has 2 nitrogen and oxygen atoms in total. The Bertz CT molecular complexity index is 573. The first-order chi connectivity index (χ1) is 12.9. The average Bonchev–Trinajstić information content (AvgIpc) is 3.30. The van der Waals surface area contributed by atoms with Crippen molar-refractivity contribution in [2.75, 3.05) is 19.6 Å². The molecular formula is C24H39CeN2. The number of hydrogen-bond acceptors (Lipinski definition) is 1. The third kappa shape index (κ3) is 4.38. The Hall–Kier alpha value is -0.193. The first-order valence-electron chi connectivity index (χ1n) is 10.8. The summed E-state index contributed by atoms with van der Waals surface area (Å²) in [6.45, 7) is 19.5. The fraction of sp³-hybridized carbons (Fsp3) is 0.625. The van der Waals surface area contributed by atoms with Crippen LogP contribution in [-0.2, 0) is 0 Å². The molecule has 149 valence electrons. The van der Waals surface area contributed by atoms with Crippen molar-refractivity contribution in [2.45, 2.75) is 56.8 Å². The number of hydrogen-bond donors (Lipinski definition) is 0. The van der Waals surface area contributed by atoms with Gasteiger partial charge in [-0.3, -0.25) is 0 Å². The molecule has 2 rings (SSSR count).